The molecular weight excluding hydrogens is 412 g/mol. The molecule has 2 aliphatic heterocycles. The number of hydrogen-bond donors (Lipinski definition) is 1. The second kappa shape index (κ2) is 9.93. The number of aryl methyl sites for hydroxylation is 2. The molecule has 174 valence electrons. The summed E-state index contributed by atoms with van der Waals surface area (Å²) in [5, 5.41) is 3.58. The molecule has 0 amide bonds. The Kier molecular flexibility index (Phi) is 6.60. The van der Waals surface area contributed by atoms with Gasteiger partial charge in [0.1, 0.15) is 5.82 Å². The highest BCUT2D eigenvalue weighted by Crippen LogP contribution is 2.24. The van der Waals surface area contributed by atoms with Crippen LogP contribution in [0.5, 0.6) is 0 Å². The van der Waals surface area contributed by atoms with Crippen LogP contribution in [0.1, 0.15) is 17.8 Å². The van der Waals surface area contributed by atoms with Gasteiger partial charge in [-0.2, -0.15) is 0 Å². The van der Waals surface area contributed by atoms with Crippen molar-refractivity contribution in [2.75, 3.05) is 39.8 Å². The van der Waals surface area contributed by atoms with Crippen molar-refractivity contribution in [2.45, 2.75) is 38.6 Å². The molecule has 5 rings (SSSR count). The van der Waals surface area contributed by atoms with Crippen molar-refractivity contribution in [3.63, 3.8) is 0 Å². The van der Waals surface area contributed by atoms with Gasteiger partial charge >= 0.3 is 0 Å². The van der Waals surface area contributed by atoms with E-state index in [1.807, 2.05) is 13.1 Å². The molecule has 7 nitrogen and oxygen atoms in total. The van der Waals surface area contributed by atoms with E-state index in [1.165, 1.54) is 11.1 Å². The van der Waals surface area contributed by atoms with E-state index >= 15 is 0 Å². The Morgan fingerprint density at radius 3 is 2.79 bits per heavy atom. The lowest BCUT2D eigenvalue weighted by Gasteiger charge is -2.36. The predicted molar refractivity (Wildman–Crippen MR) is 132 cm³/mol. The van der Waals surface area contributed by atoms with Crippen LogP contribution >= 0.6 is 0 Å². The number of aromatic nitrogens is 2. The maximum atomic E-state index is 6.15. The number of likely N-dealkylation sites (tertiary alicyclic amines) is 1. The first-order valence-electron chi connectivity index (χ1n) is 12.0. The molecule has 1 N–H and O–H groups in total. The summed E-state index contributed by atoms with van der Waals surface area (Å²) in [5.41, 5.74) is 3.64. The third-order valence-electron chi connectivity index (χ3n) is 6.84. The topological polar surface area (TPSA) is 57.9 Å². The maximum absolute atomic E-state index is 6.15. The van der Waals surface area contributed by atoms with Crippen LogP contribution in [0.4, 0.5) is 0 Å². The number of imidazole rings is 1. The van der Waals surface area contributed by atoms with Crippen molar-refractivity contribution in [2.24, 2.45) is 4.99 Å². The van der Waals surface area contributed by atoms with Crippen molar-refractivity contribution in [3.8, 4) is 0 Å². The maximum Gasteiger partial charge on any atom is 0.193 e. The van der Waals surface area contributed by atoms with Crippen LogP contribution in [-0.2, 0) is 17.8 Å². The normalized spacial score (nSPS) is 21.5. The predicted octanol–water partition coefficient (Wildman–Crippen LogP) is 2.90. The van der Waals surface area contributed by atoms with Gasteiger partial charge in [-0.25, -0.2) is 4.98 Å². The molecule has 2 aliphatic rings. The second-order valence-electron chi connectivity index (χ2n) is 8.96. The fourth-order valence-electron chi connectivity index (χ4n) is 5.19. The first-order chi connectivity index (χ1) is 16.2. The molecule has 3 aromatic rings. The van der Waals surface area contributed by atoms with Gasteiger partial charge in [0.15, 0.2) is 5.96 Å². The highest BCUT2D eigenvalue weighted by Gasteiger charge is 2.41. The minimum absolute atomic E-state index is 0.237. The van der Waals surface area contributed by atoms with Crippen LogP contribution in [0.2, 0.25) is 0 Å². The Morgan fingerprint density at radius 1 is 1.12 bits per heavy atom. The zero-order valence-electron chi connectivity index (χ0n) is 19.7. The highest BCUT2D eigenvalue weighted by atomic mass is 16.5. The molecular formula is C26H34N6O. The average Bonchev–Trinajstić information content (AvgIpc) is 3.41. The minimum Gasteiger partial charge on any atom is -0.373 e. The summed E-state index contributed by atoms with van der Waals surface area (Å²) in [5.74, 6) is 2.04. The van der Waals surface area contributed by atoms with Gasteiger partial charge in [-0.15, -0.1) is 0 Å². The average molecular weight is 447 g/mol. The zero-order chi connectivity index (χ0) is 22.6. The van der Waals surface area contributed by atoms with Crippen LogP contribution < -0.4 is 5.32 Å². The van der Waals surface area contributed by atoms with Crippen LogP contribution in [0, 0.1) is 6.92 Å². The van der Waals surface area contributed by atoms with Gasteiger partial charge in [-0.3, -0.25) is 9.89 Å². The first-order valence-corrected chi connectivity index (χ1v) is 12.0. The third-order valence-corrected chi connectivity index (χ3v) is 6.84. The highest BCUT2D eigenvalue weighted by molar-refractivity contribution is 5.80. The Hall–Kier alpha value is -2.90. The number of ether oxygens (including phenoxy) is 1. The Labute approximate surface area is 196 Å². The number of nitrogens with zero attached hydrogens (tertiary/aromatic N) is 5. The summed E-state index contributed by atoms with van der Waals surface area (Å²) >= 11 is 0. The lowest BCUT2D eigenvalue weighted by Crippen LogP contribution is -2.50. The largest absolute Gasteiger partial charge is 0.373 e. The molecule has 0 radical (unpaired) electrons. The summed E-state index contributed by atoms with van der Waals surface area (Å²) in [6.45, 7) is 8.49. The molecule has 2 aromatic carbocycles. The monoisotopic (exact) mass is 446 g/mol. The summed E-state index contributed by atoms with van der Waals surface area (Å²) in [6, 6.07) is 19.5. The van der Waals surface area contributed by atoms with Crippen molar-refractivity contribution < 1.29 is 4.74 Å². The fourth-order valence-corrected chi connectivity index (χ4v) is 5.19. The summed E-state index contributed by atoms with van der Waals surface area (Å²) in [6.07, 6.45) is 1.25. The Morgan fingerprint density at radius 2 is 1.94 bits per heavy atom. The number of para-hydroxylation sites is 2. The minimum atomic E-state index is 0.237. The summed E-state index contributed by atoms with van der Waals surface area (Å²) < 4.78 is 8.45. The van der Waals surface area contributed by atoms with Crippen molar-refractivity contribution in [3.05, 3.63) is 66.0 Å². The first kappa shape index (κ1) is 21.9. The summed E-state index contributed by atoms with van der Waals surface area (Å²) in [4.78, 5) is 14.2. The zero-order valence-corrected chi connectivity index (χ0v) is 19.7. The van der Waals surface area contributed by atoms with E-state index in [0.29, 0.717) is 6.04 Å². The van der Waals surface area contributed by atoms with E-state index in [4.69, 9.17) is 4.74 Å². The standard InChI is InChI=1S/C26H34N6O/c1-20-29-22-11-6-7-12-23(22)32(20)14-8-13-28-26(27-2)31-18-24-25(19-31)33-16-15-30(24)17-21-9-4-3-5-10-21/h3-7,9-12,24-25H,8,13-19H2,1-2H3,(H,27,28). The van der Waals surface area contributed by atoms with Crippen LogP contribution in [0.15, 0.2) is 59.6 Å². The second-order valence-corrected chi connectivity index (χ2v) is 8.96. The number of rotatable bonds is 6. The van der Waals surface area contributed by atoms with E-state index in [2.05, 4.69) is 85.1 Å². The Balaban J connectivity index is 1.16. The van der Waals surface area contributed by atoms with Gasteiger partial charge in [0.25, 0.3) is 0 Å². The molecule has 1 aromatic heterocycles. The number of guanidine groups is 1. The molecule has 0 aliphatic carbocycles. The van der Waals surface area contributed by atoms with Crippen molar-refractivity contribution >= 4 is 17.0 Å². The molecule has 7 heteroatoms. The lowest BCUT2D eigenvalue weighted by molar-refractivity contribution is -0.0502. The van der Waals surface area contributed by atoms with Crippen molar-refractivity contribution in [1.82, 2.24) is 24.7 Å². The molecule has 2 fully saturated rings. The van der Waals surface area contributed by atoms with E-state index in [1.54, 1.807) is 0 Å². The quantitative estimate of drug-likeness (QED) is 0.359. The number of fused-ring (bicyclic) bond motifs is 2. The molecule has 0 bridgehead atoms. The molecule has 2 atom stereocenters. The molecule has 0 saturated carbocycles. The van der Waals surface area contributed by atoms with E-state index in [-0.39, 0.29) is 6.10 Å². The van der Waals surface area contributed by atoms with Crippen LogP contribution in [0.25, 0.3) is 11.0 Å². The van der Waals surface area contributed by atoms with E-state index < -0.39 is 0 Å². The van der Waals surface area contributed by atoms with Crippen LogP contribution in [-0.4, -0.2) is 77.3 Å². The van der Waals surface area contributed by atoms with Gasteiger partial charge in [0.2, 0.25) is 0 Å². The number of nitrogens with one attached hydrogen (secondary N) is 1. The third kappa shape index (κ3) is 4.75. The van der Waals surface area contributed by atoms with Gasteiger partial charge in [-0.05, 0) is 31.0 Å². The smallest absolute Gasteiger partial charge is 0.193 e. The van der Waals surface area contributed by atoms with Gasteiger partial charge in [-0.1, -0.05) is 42.5 Å². The lowest BCUT2D eigenvalue weighted by atomic mass is 10.1. The summed E-state index contributed by atoms with van der Waals surface area (Å²) in [7, 11) is 1.88. The number of aliphatic imine (C=N–C) groups is 1. The number of hydrogen-bond acceptors (Lipinski definition) is 4. The van der Waals surface area contributed by atoms with Gasteiger partial charge < -0.3 is 19.5 Å². The molecule has 33 heavy (non-hydrogen) atoms. The van der Waals surface area contributed by atoms with Gasteiger partial charge in [0, 0.05) is 46.3 Å². The van der Waals surface area contributed by atoms with E-state index in [0.717, 1.165) is 69.6 Å². The number of morpholine rings is 1. The number of benzene rings is 2. The Bertz CT molecular complexity index is 1090. The molecule has 2 unspecified atom stereocenters. The molecule has 2 saturated heterocycles. The van der Waals surface area contributed by atoms with Gasteiger partial charge in [0.05, 0.1) is 29.8 Å². The fraction of sp³-hybridized carbons (Fsp3) is 0.462. The van der Waals surface area contributed by atoms with Crippen molar-refractivity contribution in [1.29, 1.82) is 0 Å². The SMILES string of the molecule is CN=C(NCCCn1c(C)nc2ccccc21)N1CC2OCCN(Cc3ccccc3)C2C1. The molecule has 0 spiro atoms. The van der Waals surface area contributed by atoms with E-state index in [9.17, 15) is 0 Å². The van der Waals surface area contributed by atoms with Crippen LogP contribution in [0.3, 0.4) is 0 Å². The molecule has 3 heterocycles.